The van der Waals surface area contributed by atoms with Crippen LogP contribution in [0.4, 0.5) is 4.39 Å². The second kappa shape index (κ2) is 7.53. The number of hydrogen-bond donors (Lipinski definition) is 1. The lowest BCUT2D eigenvalue weighted by Crippen LogP contribution is -2.58. The molecule has 4 heteroatoms. The summed E-state index contributed by atoms with van der Waals surface area (Å²) >= 11 is 3.27. The van der Waals surface area contributed by atoms with Crippen LogP contribution in [0.25, 0.3) is 0 Å². The van der Waals surface area contributed by atoms with Crippen LogP contribution in [-0.2, 0) is 6.42 Å². The Hall–Kier alpha value is -0.450. The van der Waals surface area contributed by atoms with Crippen molar-refractivity contribution in [1.82, 2.24) is 10.2 Å². The molecule has 114 valence electrons. The predicted molar refractivity (Wildman–Crippen MR) is 87.7 cm³/mol. The highest BCUT2D eigenvalue weighted by Gasteiger charge is 2.36. The van der Waals surface area contributed by atoms with Gasteiger partial charge in [0.15, 0.2) is 0 Å². The maximum Gasteiger partial charge on any atom is 0.137 e. The molecule has 0 saturated carbocycles. The Morgan fingerprint density at radius 3 is 2.30 bits per heavy atom. The van der Waals surface area contributed by atoms with Crippen LogP contribution >= 0.6 is 15.9 Å². The molecular formula is C16H26BrFN2. The van der Waals surface area contributed by atoms with Gasteiger partial charge in [0, 0.05) is 11.6 Å². The Morgan fingerprint density at radius 2 is 1.90 bits per heavy atom. The third-order valence-electron chi connectivity index (χ3n) is 4.54. The van der Waals surface area contributed by atoms with Crippen LogP contribution in [0.1, 0.15) is 32.3 Å². The molecule has 0 spiro atoms. The minimum Gasteiger partial charge on any atom is -0.315 e. The van der Waals surface area contributed by atoms with Gasteiger partial charge in [-0.1, -0.05) is 19.9 Å². The largest absolute Gasteiger partial charge is 0.315 e. The number of halogens is 2. The van der Waals surface area contributed by atoms with E-state index in [0.29, 0.717) is 10.5 Å². The van der Waals surface area contributed by atoms with Crippen LogP contribution in [0.2, 0.25) is 0 Å². The molecule has 0 amide bonds. The van der Waals surface area contributed by atoms with E-state index < -0.39 is 0 Å². The fourth-order valence-electron chi connectivity index (χ4n) is 3.15. The minimum atomic E-state index is -0.209. The van der Waals surface area contributed by atoms with Crippen LogP contribution < -0.4 is 5.32 Å². The summed E-state index contributed by atoms with van der Waals surface area (Å²) in [6.45, 7) is 4.46. The number of nitrogens with one attached hydrogen (secondary N) is 1. The highest BCUT2D eigenvalue weighted by molar-refractivity contribution is 9.10. The van der Waals surface area contributed by atoms with Crippen molar-refractivity contribution in [3.05, 3.63) is 34.1 Å². The van der Waals surface area contributed by atoms with E-state index in [9.17, 15) is 4.39 Å². The van der Waals surface area contributed by atoms with Crippen LogP contribution in [0.5, 0.6) is 0 Å². The quantitative estimate of drug-likeness (QED) is 0.808. The van der Waals surface area contributed by atoms with E-state index >= 15 is 0 Å². The Bertz CT molecular complexity index is 430. The number of nitrogens with zero attached hydrogens (tertiary/aromatic N) is 1. The van der Waals surface area contributed by atoms with E-state index in [4.69, 9.17) is 0 Å². The van der Waals surface area contributed by atoms with Gasteiger partial charge >= 0.3 is 0 Å². The molecule has 0 aliphatic heterocycles. The van der Waals surface area contributed by atoms with Crippen molar-refractivity contribution in [2.45, 2.75) is 44.7 Å². The highest BCUT2D eigenvalue weighted by Crippen LogP contribution is 2.28. The third kappa shape index (κ3) is 3.60. The van der Waals surface area contributed by atoms with Crippen LogP contribution in [0.15, 0.2) is 22.7 Å². The zero-order chi connectivity index (χ0) is 15.3. The normalized spacial score (nSPS) is 13.8. The van der Waals surface area contributed by atoms with Crippen molar-refractivity contribution in [2.75, 3.05) is 21.1 Å². The molecule has 1 aromatic carbocycles. The topological polar surface area (TPSA) is 15.3 Å². The maximum absolute atomic E-state index is 13.3. The van der Waals surface area contributed by atoms with Crippen LogP contribution in [0, 0.1) is 5.82 Å². The summed E-state index contributed by atoms with van der Waals surface area (Å²) in [7, 11) is 6.28. The molecule has 0 fully saturated rings. The number of likely N-dealkylation sites (N-methyl/N-ethyl adjacent to an activating group) is 2. The van der Waals surface area contributed by atoms with E-state index in [0.717, 1.165) is 24.8 Å². The average Bonchev–Trinajstić information content (AvgIpc) is 2.43. The monoisotopic (exact) mass is 344 g/mol. The fourth-order valence-corrected chi connectivity index (χ4v) is 3.58. The fraction of sp³-hybridized carbons (Fsp3) is 0.625. The molecule has 0 heterocycles. The lowest BCUT2D eigenvalue weighted by molar-refractivity contribution is 0.0917. The van der Waals surface area contributed by atoms with Crippen molar-refractivity contribution in [1.29, 1.82) is 0 Å². The standard InChI is InChI=1S/C16H26BrFN2/c1-6-16(7-2,20(4)5)15(19-3)11-12-8-9-14(18)13(17)10-12/h8-10,15,19H,6-7,11H2,1-5H3. The highest BCUT2D eigenvalue weighted by atomic mass is 79.9. The SMILES string of the molecule is CCC(CC)(C(Cc1ccc(F)c(Br)c1)NC)N(C)C. The summed E-state index contributed by atoms with van der Waals surface area (Å²) in [5.74, 6) is -0.209. The van der Waals surface area contributed by atoms with Gasteiger partial charge in [-0.15, -0.1) is 0 Å². The van der Waals surface area contributed by atoms with Crippen molar-refractivity contribution in [2.24, 2.45) is 0 Å². The lowest BCUT2D eigenvalue weighted by Gasteiger charge is -2.45. The molecule has 20 heavy (non-hydrogen) atoms. The Balaban J connectivity index is 3.03. The first-order valence-corrected chi connectivity index (χ1v) is 7.99. The smallest absolute Gasteiger partial charge is 0.137 e. The molecule has 0 bridgehead atoms. The molecule has 1 rings (SSSR count). The van der Waals surface area contributed by atoms with E-state index in [1.165, 1.54) is 6.07 Å². The van der Waals surface area contributed by atoms with Crippen molar-refractivity contribution in [3.63, 3.8) is 0 Å². The number of benzene rings is 1. The van der Waals surface area contributed by atoms with Crippen molar-refractivity contribution >= 4 is 15.9 Å². The zero-order valence-electron chi connectivity index (χ0n) is 13.1. The van der Waals surface area contributed by atoms with Gasteiger partial charge in [0.2, 0.25) is 0 Å². The predicted octanol–water partition coefficient (Wildman–Crippen LogP) is 3.84. The van der Waals surface area contributed by atoms with Crippen molar-refractivity contribution in [3.8, 4) is 0 Å². The van der Waals surface area contributed by atoms with Crippen LogP contribution in [0.3, 0.4) is 0 Å². The summed E-state index contributed by atoms with van der Waals surface area (Å²) < 4.78 is 13.9. The first-order chi connectivity index (χ1) is 9.41. The molecule has 1 atom stereocenters. The maximum atomic E-state index is 13.3. The average molecular weight is 345 g/mol. The molecular weight excluding hydrogens is 319 g/mol. The van der Waals surface area contributed by atoms with E-state index in [1.54, 1.807) is 0 Å². The van der Waals surface area contributed by atoms with Gasteiger partial charge in [0.05, 0.1) is 4.47 Å². The number of rotatable bonds is 7. The van der Waals surface area contributed by atoms with Gasteiger partial charge in [0.1, 0.15) is 5.82 Å². The summed E-state index contributed by atoms with van der Waals surface area (Å²) in [4.78, 5) is 2.31. The summed E-state index contributed by atoms with van der Waals surface area (Å²) in [6.07, 6.45) is 3.03. The summed E-state index contributed by atoms with van der Waals surface area (Å²) in [6, 6.07) is 5.60. The van der Waals surface area contributed by atoms with Gasteiger partial charge in [-0.2, -0.15) is 0 Å². The molecule has 0 aliphatic rings. The second-order valence-corrected chi connectivity index (χ2v) is 6.35. The minimum absolute atomic E-state index is 0.107. The Labute approximate surface area is 130 Å². The molecule has 1 unspecified atom stereocenters. The lowest BCUT2D eigenvalue weighted by atomic mass is 9.80. The van der Waals surface area contributed by atoms with E-state index in [2.05, 4.69) is 54.1 Å². The molecule has 0 aromatic heterocycles. The Kier molecular flexibility index (Phi) is 6.62. The van der Waals surface area contributed by atoms with Gasteiger partial charge in [-0.25, -0.2) is 4.39 Å². The Morgan fingerprint density at radius 1 is 1.30 bits per heavy atom. The first-order valence-electron chi connectivity index (χ1n) is 7.19. The molecule has 0 aliphatic carbocycles. The summed E-state index contributed by atoms with van der Waals surface area (Å²) in [5, 5.41) is 3.46. The zero-order valence-corrected chi connectivity index (χ0v) is 14.7. The van der Waals surface area contributed by atoms with Crippen LogP contribution in [-0.4, -0.2) is 37.6 Å². The molecule has 0 radical (unpaired) electrons. The van der Waals surface area contributed by atoms with Gasteiger partial charge in [0.25, 0.3) is 0 Å². The summed E-state index contributed by atoms with van der Waals surface area (Å²) in [5.41, 5.74) is 1.25. The van der Waals surface area contributed by atoms with E-state index in [1.807, 2.05) is 19.2 Å². The second-order valence-electron chi connectivity index (χ2n) is 5.50. The molecule has 0 saturated heterocycles. The van der Waals surface area contributed by atoms with Gasteiger partial charge in [-0.3, -0.25) is 0 Å². The van der Waals surface area contributed by atoms with Gasteiger partial charge < -0.3 is 10.2 Å². The molecule has 1 aromatic rings. The number of hydrogen-bond acceptors (Lipinski definition) is 2. The third-order valence-corrected chi connectivity index (χ3v) is 5.14. The van der Waals surface area contributed by atoms with Gasteiger partial charge in [-0.05, 0) is 74.0 Å². The van der Waals surface area contributed by atoms with E-state index in [-0.39, 0.29) is 11.4 Å². The molecule has 2 nitrogen and oxygen atoms in total. The molecule has 1 N–H and O–H groups in total. The first kappa shape index (κ1) is 17.6. The van der Waals surface area contributed by atoms with Crippen molar-refractivity contribution < 1.29 is 4.39 Å².